The van der Waals surface area contributed by atoms with Crippen LogP contribution in [0.1, 0.15) is 71.0 Å². The number of likely N-dealkylation sites (tertiary alicyclic amines) is 1. The molecule has 0 aliphatic carbocycles. The molecule has 3 heterocycles. The molecule has 1 N–H and O–H groups in total. The Kier molecular flexibility index (Phi) is 9.30. The molecule has 0 amide bonds. The Morgan fingerprint density at radius 3 is 2.40 bits per heavy atom. The molecule has 4 aromatic rings. The zero-order chi connectivity index (χ0) is 30.6. The van der Waals surface area contributed by atoms with E-state index in [2.05, 4.69) is 74.6 Å². The second-order valence-electron chi connectivity index (χ2n) is 12.2. The number of imidazole rings is 1. The summed E-state index contributed by atoms with van der Waals surface area (Å²) in [6.45, 7) is 15.8. The lowest BCUT2D eigenvalue weighted by atomic mass is 10.2. The van der Waals surface area contributed by atoms with Crippen LogP contribution in [0.5, 0.6) is 0 Å². The fourth-order valence-electron chi connectivity index (χ4n) is 5.71. The maximum atomic E-state index is 12.8. The van der Waals surface area contributed by atoms with Gasteiger partial charge >= 0.3 is 5.97 Å². The van der Waals surface area contributed by atoms with E-state index in [-0.39, 0.29) is 24.4 Å². The minimum atomic E-state index is -0.569. The van der Waals surface area contributed by atoms with Crippen LogP contribution in [0.3, 0.4) is 0 Å². The van der Waals surface area contributed by atoms with Crippen molar-refractivity contribution in [3.05, 3.63) is 63.8 Å². The van der Waals surface area contributed by atoms with Gasteiger partial charge in [0.2, 0.25) is 0 Å². The van der Waals surface area contributed by atoms with Gasteiger partial charge in [-0.1, -0.05) is 18.2 Å². The van der Waals surface area contributed by atoms with E-state index in [1.165, 1.54) is 18.5 Å². The third-order valence-electron chi connectivity index (χ3n) is 7.93. The third kappa shape index (κ3) is 7.51. The Labute approximate surface area is 253 Å². The first-order valence-corrected chi connectivity index (χ1v) is 15.5. The lowest BCUT2D eigenvalue weighted by Crippen LogP contribution is -2.25. The molecule has 1 aliphatic heterocycles. The van der Waals surface area contributed by atoms with Crippen LogP contribution in [-0.2, 0) is 22.5 Å². The second kappa shape index (κ2) is 13.1. The van der Waals surface area contributed by atoms with E-state index in [1.807, 2.05) is 32.9 Å². The monoisotopic (exact) mass is 584 g/mol. The van der Waals surface area contributed by atoms with Crippen LogP contribution in [0.2, 0.25) is 0 Å². The highest BCUT2D eigenvalue weighted by atomic mass is 16.6. The van der Waals surface area contributed by atoms with Gasteiger partial charge in [0.05, 0.1) is 28.5 Å². The number of nitrogens with one attached hydrogen (secondary N) is 1. The minimum Gasteiger partial charge on any atom is -0.460 e. The summed E-state index contributed by atoms with van der Waals surface area (Å²) in [5, 5.41) is 0. The number of ether oxygens (including phenoxy) is 1. The third-order valence-corrected chi connectivity index (χ3v) is 7.93. The molecule has 9 nitrogen and oxygen atoms in total. The maximum Gasteiger partial charge on any atom is 0.306 e. The quantitative estimate of drug-likeness (QED) is 0.227. The van der Waals surface area contributed by atoms with Crippen LogP contribution in [0.25, 0.3) is 34.2 Å². The summed E-state index contributed by atoms with van der Waals surface area (Å²) in [4.78, 5) is 42.6. The molecule has 0 bridgehead atoms. The van der Waals surface area contributed by atoms with E-state index in [4.69, 9.17) is 9.72 Å². The molecule has 1 saturated heterocycles. The maximum absolute atomic E-state index is 12.8. The van der Waals surface area contributed by atoms with E-state index in [0.717, 1.165) is 61.7 Å². The predicted molar refractivity (Wildman–Crippen MR) is 174 cm³/mol. The van der Waals surface area contributed by atoms with Gasteiger partial charge in [-0.25, -0.2) is 9.97 Å². The van der Waals surface area contributed by atoms with Crippen molar-refractivity contribution in [1.82, 2.24) is 24.4 Å². The highest BCUT2D eigenvalue weighted by molar-refractivity contribution is 5.92. The number of hydrogen-bond donors (Lipinski definition) is 1. The van der Waals surface area contributed by atoms with E-state index >= 15 is 0 Å². The molecule has 0 spiro atoms. The van der Waals surface area contributed by atoms with Crippen molar-refractivity contribution >= 4 is 45.9 Å². The molecule has 228 valence electrons. The van der Waals surface area contributed by atoms with Crippen molar-refractivity contribution in [1.29, 1.82) is 0 Å². The number of H-pyrrole nitrogens is 1. The Morgan fingerprint density at radius 2 is 1.72 bits per heavy atom. The van der Waals surface area contributed by atoms with Crippen LogP contribution in [-0.4, -0.2) is 68.7 Å². The average Bonchev–Trinajstić information content (AvgIpc) is 3.60. The summed E-state index contributed by atoms with van der Waals surface area (Å²) in [6, 6.07) is 12.5. The highest BCUT2D eigenvalue weighted by Crippen LogP contribution is 2.24. The van der Waals surface area contributed by atoms with Gasteiger partial charge in [0, 0.05) is 38.3 Å². The first kappa shape index (κ1) is 30.5. The van der Waals surface area contributed by atoms with E-state index < -0.39 is 5.60 Å². The molecule has 2 aromatic carbocycles. The lowest BCUT2D eigenvalue weighted by molar-refractivity contribution is -0.154. The number of fused-ring (bicyclic) bond motifs is 2. The van der Waals surface area contributed by atoms with Gasteiger partial charge in [0.25, 0.3) is 5.56 Å². The number of esters is 1. The van der Waals surface area contributed by atoms with Crippen molar-refractivity contribution in [3.63, 3.8) is 0 Å². The predicted octanol–water partition coefficient (Wildman–Crippen LogP) is 5.66. The largest absolute Gasteiger partial charge is 0.460 e. The normalized spacial score (nSPS) is 14.3. The molecule has 5 rings (SSSR count). The van der Waals surface area contributed by atoms with Crippen molar-refractivity contribution in [2.24, 2.45) is 0 Å². The number of aryl methyl sites for hydroxylation is 1. The van der Waals surface area contributed by atoms with Crippen LogP contribution >= 0.6 is 0 Å². The molecule has 0 atom stereocenters. The summed E-state index contributed by atoms with van der Waals surface area (Å²) in [5.41, 5.74) is 4.89. The zero-order valence-electron chi connectivity index (χ0n) is 26.2. The smallest absolute Gasteiger partial charge is 0.306 e. The van der Waals surface area contributed by atoms with E-state index in [9.17, 15) is 9.59 Å². The second-order valence-corrected chi connectivity index (χ2v) is 12.2. The summed E-state index contributed by atoms with van der Waals surface area (Å²) < 4.78 is 7.66. The summed E-state index contributed by atoms with van der Waals surface area (Å²) >= 11 is 0. The summed E-state index contributed by atoms with van der Waals surface area (Å²) in [5.74, 6) is 0.521. The first-order valence-electron chi connectivity index (χ1n) is 15.5. The average molecular weight is 585 g/mol. The van der Waals surface area contributed by atoms with Gasteiger partial charge in [-0.15, -0.1) is 0 Å². The summed E-state index contributed by atoms with van der Waals surface area (Å²) in [7, 11) is 0. The standard InChI is InChI=1S/C34H44N6O3/c1-6-39(7-2)25-13-10-24(11-14-25)12-16-31-36-29-22-27-28(23-30(29)40(31)21-20-38-18-8-9-19-38)35-26(33(42)37-27)15-17-32(41)43-34(3,4)5/h10-14,16,22-23H,6-9,15,17-21H2,1-5H3,(H,37,42)/b16-12+. The zero-order valence-corrected chi connectivity index (χ0v) is 26.2. The fourth-order valence-corrected chi connectivity index (χ4v) is 5.71. The molecule has 9 heteroatoms. The molecular weight excluding hydrogens is 540 g/mol. The molecule has 1 fully saturated rings. The SMILES string of the molecule is CCN(CC)c1ccc(/C=C/c2nc3cc4[nH]c(=O)c(CCC(=O)OC(C)(C)C)nc4cc3n2CCN2CCCC2)cc1. The number of nitrogens with zero attached hydrogens (tertiary/aromatic N) is 5. The number of aromatic nitrogens is 4. The minimum absolute atomic E-state index is 0.0969. The van der Waals surface area contributed by atoms with Crippen molar-refractivity contribution < 1.29 is 9.53 Å². The number of benzene rings is 2. The van der Waals surface area contributed by atoms with Crippen LogP contribution in [0.15, 0.2) is 41.2 Å². The molecular formula is C34H44N6O3. The van der Waals surface area contributed by atoms with Crippen LogP contribution in [0, 0.1) is 0 Å². The van der Waals surface area contributed by atoms with Crippen molar-refractivity contribution in [2.45, 2.75) is 72.4 Å². The molecule has 2 aromatic heterocycles. The Balaban J connectivity index is 1.46. The lowest BCUT2D eigenvalue weighted by Gasteiger charge is -2.20. The van der Waals surface area contributed by atoms with Gasteiger partial charge in [0.1, 0.15) is 17.1 Å². The highest BCUT2D eigenvalue weighted by Gasteiger charge is 2.18. The molecule has 1 aliphatic rings. The Morgan fingerprint density at radius 1 is 1.00 bits per heavy atom. The first-order chi connectivity index (χ1) is 20.6. The van der Waals surface area contributed by atoms with Gasteiger partial charge in [0.15, 0.2) is 0 Å². The molecule has 0 saturated carbocycles. The van der Waals surface area contributed by atoms with E-state index in [1.54, 1.807) is 0 Å². The van der Waals surface area contributed by atoms with Gasteiger partial charge < -0.3 is 24.1 Å². The van der Waals surface area contributed by atoms with Crippen LogP contribution < -0.4 is 10.5 Å². The molecule has 0 radical (unpaired) electrons. The summed E-state index contributed by atoms with van der Waals surface area (Å²) in [6.07, 6.45) is 6.98. The fraction of sp³-hybridized carbons (Fsp3) is 0.471. The number of rotatable bonds is 11. The number of anilines is 1. The number of aromatic amines is 1. The van der Waals surface area contributed by atoms with Crippen LogP contribution in [0.4, 0.5) is 5.69 Å². The Bertz CT molecular complexity index is 1650. The van der Waals surface area contributed by atoms with Gasteiger partial charge in [-0.3, -0.25) is 9.59 Å². The van der Waals surface area contributed by atoms with Gasteiger partial charge in [-0.05, 0) is 96.5 Å². The topological polar surface area (TPSA) is 96.4 Å². The van der Waals surface area contributed by atoms with Crippen molar-refractivity contribution in [2.75, 3.05) is 37.6 Å². The van der Waals surface area contributed by atoms with E-state index in [0.29, 0.717) is 16.7 Å². The Hall–Kier alpha value is -3.98. The van der Waals surface area contributed by atoms with Crippen molar-refractivity contribution in [3.8, 4) is 0 Å². The molecule has 43 heavy (non-hydrogen) atoms. The number of hydrogen-bond acceptors (Lipinski definition) is 7. The number of carbonyl (C=O) groups is 1. The molecule has 0 unspecified atom stereocenters. The number of carbonyl (C=O) groups excluding carboxylic acids is 1. The van der Waals surface area contributed by atoms with Gasteiger partial charge in [-0.2, -0.15) is 0 Å².